The van der Waals surface area contributed by atoms with Gasteiger partial charge in [-0.1, -0.05) is 54.6 Å². The Kier molecular flexibility index (Phi) is 3.49. The fraction of sp³-hybridized carbons (Fsp3) is 0.0435. The lowest BCUT2D eigenvalue weighted by atomic mass is 10.00. The van der Waals surface area contributed by atoms with Crippen molar-refractivity contribution in [2.24, 2.45) is 0 Å². The van der Waals surface area contributed by atoms with Crippen LogP contribution in [0.25, 0.3) is 21.8 Å². The molecule has 3 nitrogen and oxygen atoms in total. The van der Waals surface area contributed by atoms with Gasteiger partial charge in [-0.05, 0) is 24.3 Å². The second kappa shape index (κ2) is 6.12. The third kappa shape index (κ3) is 2.45. The first-order chi connectivity index (χ1) is 12.9. The van der Waals surface area contributed by atoms with Gasteiger partial charge in [0.2, 0.25) is 0 Å². The first-order valence-electron chi connectivity index (χ1n) is 8.74. The first-order valence-corrected chi connectivity index (χ1v) is 8.74. The normalized spacial score (nSPS) is 11.4. The second-order valence-electron chi connectivity index (χ2n) is 6.39. The van der Waals surface area contributed by atoms with E-state index in [4.69, 9.17) is 4.74 Å². The average molecular weight is 338 g/mol. The Morgan fingerprint density at radius 1 is 0.577 bits per heavy atom. The third-order valence-corrected chi connectivity index (χ3v) is 4.80. The number of fused-ring (bicyclic) bond motifs is 2. The van der Waals surface area contributed by atoms with Gasteiger partial charge in [-0.15, -0.1) is 0 Å². The number of ether oxygens (including phenoxy) is 1. The summed E-state index contributed by atoms with van der Waals surface area (Å²) in [6.07, 6.45) is 3.91. The van der Waals surface area contributed by atoms with Gasteiger partial charge < -0.3 is 14.7 Å². The summed E-state index contributed by atoms with van der Waals surface area (Å²) in [7, 11) is 0. The number of hydrogen-bond acceptors (Lipinski definition) is 1. The van der Waals surface area contributed by atoms with Crippen LogP contribution in [0.1, 0.15) is 17.2 Å². The lowest BCUT2D eigenvalue weighted by Gasteiger charge is -2.19. The number of rotatable bonds is 4. The molecule has 2 N–H and O–H groups in total. The van der Waals surface area contributed by atoms with Gasteiger partial charge in [0, 0.05) is 45.3 Å². The molecule has 26 heavy (non-hydrogen) atoms. The molecule has 2 aromatic heterocycles. The maximum atomic E-state index is 6.48. The molecule has 0 bridgehead atoms. The number of para-hydroxylation sites is 3. The van der Waals surface area contributed by atoms with E-state index in [0.29, 0.717) is 0 Å². The summed E-state index contributed by atoms with van der Waals surface area (Å²) in [6.45, 7) is 0. The zero-order valence-electron chi connectivity index (χ0n) is 14.1. The molecule has 0 aliphatic rings. The predicted molar refractivity (Wildman–Crippen MR) is 106 cm³/mol. The number of hydrogen-bond donors (Lipinski definition) is 2. The summed E-state index contributed by atoms with van der Waals surface area (Å²) in [6, 6.07) is 26.7. The molecule has 0 radical (unpaired) electrons. The lowest BCUT2D eigenvalue weighted by molar-refractivity contribution is 0.250. The van der Waals surface area contributed by atoms with Crippen molar-refractivity contribution in [3.8, 4) is 5.75 Å². The van der Waals surface area contributed by atoms with Crippen molar-refractivity contribution in [2.45, 2.75) is 6.10 Å². The van der Waals surface area contributed by atoms with Gasteiger partial charge in [-0.2, -0.15) is 0 Å². The molecule has 0 aliphatic heterocycles. The maximum absolute atomic E-state index is 6.48. The molecule has 0 fully saturated rings. The van der Waals surface area contributed by atoms with E-state index in [1.807, 2.05) is 42.5 Å². The van der Waals surface area contributed by atoms with Crippen molar-refractivity contribution < 1.29 is 4.74 Å². The van der Waals surface area contributed by atoms with Crippen molar-refractivity contribution in [3.05, 3.63) is 102 Å². The van der Waals surface area contributed by atoms with E-state index < -0.39 is 0 Å². The maximum Gasteiger partial charge on any atom is 0.153 e. The summed E-state index contributed by atoms with van der Waals surface area (Å²) >= 11 is 0. The van der Waals surface area contributed by atoms with Crippen LogP contribution in [0.5, 0.6) is 5.75 Å². The van der Waals surface area contributed by atoms with E-state index in [9.17, 15) is 0 Å². The van der Waals surface area contributed by atoms with Crippen molar-refractivity contribution in [2.75, 3.05) is 0 Å². The second-order valence-corrected chi connectivity index (χ2v) is 6.39. The number of benzene rings is 3. The van der Waals surface area contributed by atoms with Gasteiger partial charge in [0.25, 0.3) is 0 Å². The quantitative estimate of drug-likeness (QED) is 0.426. The van der Waals surface area contributed by atoms with Crippen LogP contribution in [0, 0.1) is 0 Å². The van der Waals surface area contributed by atoms with E-state index in [1.54, 1.807) is 0 Å². The Hall–Kier alpha value is -3.46. The molecule has 3 aromatic carbocycles. The predicted octanol–water partition coefficient (Wildman–Crippen LogP) is 5.82. The molecular formula is C23H18N2O. The molecule has 3 heteroatoms. The SMILES string of the molecule is c1ccc(OC(c2c[nH]c3ccccc23)c2c[nH]c3ccccc23)cc1. The molecule has 0 spiro atoms. The highest BCUT2D eigenvalue weighted by atomic mass is 16.5. The molecule has 2 heterocycles. The Morgan fingerprint density at radius 3 is 1.65 bits per heavy atom. The summed E-state index contributed by atoms with van der Waals surface area (Å²) < 4.78 is 6.48. The average Bonchev–Trinajstić information content (AvgIpc) is 3.32. The molecule has 0 saturated heterocycles. The van der Waals surface area contributed by atoms with Crippen LogP contribution in [0.3, 0.4) is 0 Å². The van der Waals surface area contributed by atoms with Gasteiger partial charge in [0.05, 0.1) is 0 Å². The highest BCUT2D eigenvalue weighted by Gasteiger charge is 2.23. The fourth-order valence-electron chi connectivity index (χ4n) is 3.55. The summed E-state index contributed by atoms with van der Waals surface area (Å²) in [5, 5.41) is 2.36. The van der Waals surface area contributed by atoms with E-state index in [1.165, 1.54) is 10.8 Å². The van der Waals surface area contributed by atoms with Gasteiger partial charge in [-0.25, -0.2) is 0 Å². The van der Waals surface area contributed by atoms with Crippen LogP contribution in [-0.4, -0.2) is 9.97 Å². The van der Waals surface area contributed by atoms with E-state index in [2.05, 4.69) is 58.8 Å². The summed E-state index contributed by atoms with van der Waals surface area (Å²) in [4.78, 5) is 6.75. The number of nitrogens with one attached hydrogen (secondary N) is 2. The molecular weight excluding hydrogens is 320 g/mol. The Balaban J connectivity index is 1.70. The van der Waals surface area contributed by atoms with Crippen LogP contribution in [0.15, 0.2) is 91.3 Å². The van der Waals surface area contributed by atoms with E-state index >= 15 is 0 Å². The molecule has 5 rings (SSSR count). The molecule has 126 valence electrons. The molecule has 0 atom stereocenters. The van der Waals surface area contributed by atoms with Crippen molar-refractivity contribution in [1.82, 2.24) is 9.97 Å². The monoisotopic (exact) mass is 338 g/mol. The summed E-state index contributed by atoms with van der Waals surface area (Å²) in [5.41, 5.74) is 4.50. The highest BCUT2D eigenvalue weighted by molar-refractivity contribution is 5.87. The van der Waals surface area contributed by atoms with Crippen molar-refractivity contribution in [1.29, 1.82) is 0 Å². The standard InChI is InChI=1S/C23H18N2O/c1-2-8-16(9-3-1)26-23(19-14-24-21-12-6-4-10-17(19)21)20-15-25-22-13-7-5-11-18(20)22/h1-15,23-25H. The first kappa shape index (κ1) is 14.8. The Bertz CT molecular complexity index is 1100. The Morgan fingerprint density at radius 2 is 1.08 bits per heavy atom. The van der Waals surface area contributed by atoms with E-state index in [0.717, 1.165) is 27.9 Å². The van der Waals surface area contributed by atoms with E-state index in [-0.39, 0.29) is 6.10 Å². The van der Waals surface area contributed by atoms with Crippen LogP contribution in [0.2, 0.25) is 0 Å². The van der Waals surface area contributed by atoms with Crippen LogP contribution >= 0.6 is 0 Å². The third-order valence-electron chi connectivity index (χ3n) is 4.80. The molecule has 0 saturated carbocycles. The minimum Gasteiger partial charge on any atom is -0.481 e. The molecule has 0 unspecified atom stereocenters. The number of H-pyrrole nitrogens is 2. The minimum absolute atomic E-state index is 0.204. The number of aromatic nitrogens is 2. The smallest absolute Gasteiger partial charge is 0.153 e. The fourth-order valence-corrected chi connectivity index (χ4v) is 3.55. The molecule has 5 aromatic rings. The lowest BCUT2D eigenvalue weighted by Crippen LogP contribution is -2.08. The Labute approximate surface area is 151 Å². The largest absolute Gasteiger partial charge is 0.481 e. The van der Waals surface area contributed by atoms with Gasteiger partial charge in [0.1, 0.15) is 5.75 Å². The molecule has 0 aliphatic carbocycles. The summed E-state index contributed by atoms with van der Waals surface area (Å²) in [5.74, 6) is 0.855. The minimum atomic E-state index is -0.204. The highest BCUT2D eigenvalue weighted by Crippen LogP contribution is 2.36. The van der Waals surface area contributed by atoms with Crippen molar-refractivity contribution in [3.63, 3.8) is 0 Å². The zero-order chi connectivity index (χ0) is 17.3. The van der Waals surface area contributed by atoms with Gasteiger partial charge in [0.15, 0.2) is 6.10 Å². The van der Waals surface area contributed by atoms with Crippen LogP contribution < -0.4 is 4.74 Å². The number of aromatic amines is 2. The van der Waals surface area contributed by atoms with Gasteiger partial charge >= 0.3 is 0 Å². The van der Waals surface area contributed by atoms with Crippen LogP contribution in [-0.2, 0) is 0 Å². The van der Waals surface area contributed by atoms with Gasteiger partial charge in [-0.3, -0.25) is 0 Å². The van der Waals surface area contributed by atoms with Crippen molar-refractivity contribution >= 4 is 21.8 Å². The zero-order valence-corrected chi connectivity index (χ0v) is 14.1. The molecule has 0 amide bonds. The topological polar surface area (TPSA) is 40.8 Å². The van der Waals surface area contributed by atoms with Crippen LogP contribution in [0.4, 0.5) is 0 Å².